The Labute approximate surface area is 186 Å². The van der Waals surface area contributed by atoms with Crippen LogP contribution in [0.25, 0.3) is 16.8 Å². The number of aliphatic hydroxyl groups is 1. The first-order valence-electron chi connectivity index (χ1n) is 10.7. The molecular formula is C24H19F3N4O2. The van der Waals surface area contributed by atoms with Gasteiger partial charge in [0, 0.05) is 53.2 Å². The van der Waals surface area contributed by atoms with Crippen LogP contribution in [0.4, 0.5) is 13.2 Å². The average Bonchev–Trinajstić information content (AvgIpc) is 3.51. The average molecular weight is 452 g/mol. The van der Waals surface area contributed by atoms with Crippen molar-refractivity contribution in [2.75, 3.05) is 0 Å². The van der Waals surface area contributed by atoms with Crippen molar-refractivity contribution >= 4 is 5.65 Å². The molecule has 33 heavy (non-hydrogen) atoms. The maximum Gasteiger partial charge on any atom is 0.387 e. The molecule has 2 aliphatic carbocycles. The summed E-state index contributed by atoms with van der Waals surface area (Å²) in [5.41, 5.74) is 2.69. The maximum absolute atomic E-state index is 15.0. The van der Waals surface area contributed by atoms with Gasteiger partial charge in [-0.3, -0.25) is 0 Å². The minimum absolute atomic E-state index is 0.0406. The van der Waals surface area contributed by atoms with Crippen molar-refractivity contribution in [1.82, 2.24) is 19.4 Å². The van der Waals surface area contributed by atoms with Gasteiger partial charge in [0.15, 0.2) is 0 Å². The minimum atomic E-state index is -2.97. The van der Waals surface area contributed by atoms with E-state index in [4.69, 9.17) is 4.74 Å². The number of pyridine rings is 1. The van der Waals surface area contributed by atoms with Crippen LogP contribution in [0.3, 0.4) is 0 Å². The van der Waals surface area contributed by atoms with E-state index in [0.717, 1.165) is 18.7 Å². The Morgan fingerprint density at radius 2 is 1.88 bits per heavy atom. The van der Waals surface area contributed by atoms with Crippen molar-refractivity contribution in [3.63, 3.8) is 0 Å². The van der Waals surface area contributed by atoms with E-state index in [1.165, 1.54) is 12.1 Å². The molecule has 9 heteroatoms. The van der Waals surface area contributed by atoms with Crippen LogP contribution in [-0.2, 0) is 0 Å². The van der Waals surface area contributed by atoms with Crippen molar-refractivity contribution in [2.45, 2.75) is 43.8 Å². The van der Waals surface area contributed by atoms with Crippen molar-refractivity contribution in [3.8, 4) is 16.9 Å². The number of alkyl halides is 2. The lowest BCUT2D eigenvalue weighted by atomic mass is 9.95. The van der Waals surface area contributed by atoms with E-state index < -0.39 is 24.5 Å². The van der Waals surface area contributed by atoms with Gasteiger partial charge < -0.3 is 14.2 Å². The SMILES string of the molecule is OC1CC(c2ccccc2OC(F)F)c2c1nc1cc(F)c(-c3cnc(C4CC4)nc3)cn21. The molecule has 1 N–H and O–H groups in total. The summed E-state index contributed by atoms with van der Waals surface area (Å²) in [4.78, 5) is 13.2. The lowest BCUT2D eigenvalue weighted by molar-refractivity contribution is -0.0506. The Bertz CT molecular complexity index is 1350. The zero-order valence-electron chi connectivity index (χ0n) is 17.3. The lowest BCUT2D eigenvalue weighted by Crippen LogP contribution is -2.08. The molecule has 0 amide bonds. The highest BCUT2D eigenvalue weighted by Gasteiger charge is 2.37. The van der Waals surface area contributed by atoms with Crippen LogP contribution in [0.15, 0.2) is 48.9 Å². The van der Waals surface area contributed by atoms with E-state index >= 15 is 0 Å². The van der Waals surface area contributed by atoms with E-state index in [2.05, 4.69) is 15.0 Å². The van der Waals surface area contributed by atoms with Gasteiger partial charge in [-0.2, -0.15) is 8.78 Å². The van der Waals surface area contributed by atoms with Gasteiger partial charge in [0.05, 0.1) is 17.5 Å². The number of aliphatic hydroxyl groups excluding tert-OH is 1. The molecule has 6 rings (SSSR count). The number of benzene rings is 1. The standard InChI is InChI=1S/C24H19F3N4O2/c25-17-8-20-30-21-18(32)7-15(14-3-1-2-4-19(14)33-24(26)27)22(21)31(20)11-16(17)13-9-28-23(29-10-13)12-5-6-12/h1-4,8-12,15,18,24,32H,5-7H2. The summed E-state index contributed by atoms with van der Waals surface area (Å²) in [6, 6.07) is 7.80. The van der Waals surface area contributed by atoms with Crippen molar-refractivity contribution in [3.05, 3.63) is 77.5 Å². The normalized spacial score (nSPS) is 19.9. The second-order valence-corrected chi connectivity index (χ2v) is 8.47. The first kappa shape index (κ1) is 20.2. The molecule has 1 saturated carbocycles. The third-order valence-corrected chi connectivity index (χ3v) is 6.32. The third-order valence-electron chi connectivity index (χ3n) is 6.32. The van der Waals surface area contributed by atoms with E-state index in [1.54, 1.807) is 41.2 Å². The van der Waals surface area contributed by atoms with Crippen LogP contribution in [0.2, 0.25) is 0 Å². The number of halogens is 3. The van der Waals surface area contributed by atoms with Crippen LogP contribution in [0, 0.1) is 5.82 Å². The summed E-state index contributed by atoms with van der Waals surface area (Å²) in [5.74, 6) is 0.260. The lowest BCUT2D eigenvalue weighted by Gasteiger charge is -2.17. The summed E-state index contributed by atoms with van der Waals surface area (Å²) >= 11 is 0. The molecule has 4 aromatic rings. The van der Waals surface area contributed by atoms with Gasteiger partial charge in [0.25, 0.3) is 0 Å². The summed E-state index contributed by atoms with van der Waals surface area (Å²) in [6.45, 7) is -2.97. The van der Waals surface area contributed by atoms with Crippen LogP contribution in [-0.4, -0.2) is 31.1 Å². The number of ether oxygens (including phenoxy) is 1. The number of para-hydroxylation sites is 1. The summed E-state index contributed by atoms with van der Waals surface area (Å²) < 4.78 is 47.4. The summed E-state index contributed by atoms with van der Waals surface area (Å²) in [5, 5.41) is 10.7. The smallest absolute Gasteiger partial charge is 0.387 e. The molecule has 0 saturated heterocycles. The Kier molecular flexibility index (Phi) is 4.62. The van der Waals surface area contributed by atoms with E-state index in [-0.39, 0.29) is 12.2 Å². The molecule has 3 heterocycles. The minimum Gasteiger partial charge on any atom is -0.435 e. The predicted octanol–water partition coefficient (Wildman–Crippen LogP) is 4.98. The van der Waals surface area contributed by atoms with E-state index in [1.807, 2.05) is 0 Å². The van der Waals surface area contributed by atoms with Gasteiger partial charge in [0.1, 0.15) is 23.0 Å². The number of aromatic nitrogens is 4. The molecule has 3 aromatic heterocycles. The highest BCUT2D eigenvalue weighted by atomic mass is 19.3. The van der Waals surface area contributed by atoms with Crippen LogP contribution < -0.4 is 4.74 Å². The van der Waals surface area contributed by atoms with Crippen molar-refractivity contribution in [1.29, 1.82) is 0 Å². The molecule has 1 fully saturated rings. The molecular weight excluding hydrogens is 433 g/mol. The number of imidazole rings is 1. The molecule has 0 bridgehead atoms. The van der Waals surface area contributed by atoms with Crippen LogP contribution >= 0.6 is 0 Å². The first-order valence-corrected chi connectivity index (χ1v) is 10.7. The molecule has 2 atom stereocenters. The molecule has 1 aromatic carbocycles. The molecule has 0 spiro atoms. The summed E-state index contributed by atoms with van der Waals surface area (Å²) in [7, 11) is 0. The molecule has 6 nitrogen and oxygen atoms in total. The van der Waals surface area contributed by atoms with Gasteiger partial charge in [-0.1, -0.05) is 18.2 Å². The van der Waals surface area contributed by atoms with Gasteiger partial charge >= 0.3 is 6.61 Å². The van der Waals surface area contributed by atoms with Gasteiger partial charge in [0.2, 0.25) is 0 Å². The van der Waals surface area contributed by atoms with Crippen LogP contribution in [0.1, 0.15) is 60.0 Å². The fourth-order valence-corrected chi connectivity index (χ4v) is 4.63. The first-order chi connectivity index (χ1) is 16.0. The fraction of sp³-hybridized carbons (Fsp3) is 0.292. The molecule has 168 valence electrons. The third kappa shape index (κ3) is 3.43. The Hall–Kier alpha value is -3.46. The highest BCUT2D eigenvalue weighted by molar-refractivity contribution is 5.65. The number of hydrogen-bond acceptors (Lipinski definition) is 5. The van der Waals surface area contributed by atoms with Gasteiger partial charge in [-0.15, -0.1) is 0 Å². The van der Waals surface area contributed by atoms with Crippen LogP contribution in [0.5, 0.6) is 5.75 Å². The largest absolute Gasteiger partial charge is 0.435 e. The number of nitrogens with zero attached hydrogens (tertiary/aromatic N) is 4. The number of hydrogen-bond donors (Lipinski definition) is 1. The van der Waals surface area contributed by atoms with Crippen molar-refractivity contribution in [2.24, 2.45) is 0 Å². The second kappa shape index (κ2) is 7.55. The Balaban J connectivity index is 1.47. The number of rotatable bonds is 5. The fourth-order valence-electron chi connectivity index (χ4n) is 4.63. The highest BCUT2D eigenvalue weighted by Crippen LogP contribution is 2.47. The molecule has 0 radical (unpaired) electrons. The maximum atomic E-state index is 15.0. The zero-order chi connectivity index (χ0) is 22.7. The molecule has 0 aliphatic heterocycles. The Morgan fingerprint density at radius 3 is 2.61 bits per heavy atom. The monoisotopic (exact) mass is 452 g/mol. The Morgan fingerprint density at radius 1 is 1.12 bits per heavy atom. The van der Waals surface area contributed by atoms with Crippen molar-refractivity contribution < 1.29 is 23.0 Å². The number of fused-ring (bicyclic) bond motifs is 3. The molecule has 2 unspecified atom stereocenters. The quantitative estimate of drug-likeness (QED) is 0.463. The predicted molar refractivity (Wildman–Crippen MR) is 113 cm³/mol. The second-order valence-electron chi connectivity index (χ2n) is 8.47. The van der Waals surface area contributed by atoms with E-state index in [0.29, 0.717) is 39.6 Å². The van der Waals surface area contributed by atoms with E-state index in [9.17, 15) is 18.3 Å². The summed E-state index contributed by atoms with van der Waals surface area (Å²) in [6.07, 6.45) is 6.32. The topological polar surface area (TPSA) is 72.5 Å². The zero-order valence-corrected chi connectivity index (χ0v) is 17.3. The molecule has 2 aliphatic rings. The van der Waals surface area contributed by atoms with Gasteiger partial charge in [-0.25, -0.2) is 19.3 Å². The van der Waals surface area contributed by atoms with Gasteiger partial charge in [-0.05, 0) is 25.3 Å².